The Labute approximate surface area is 84.7 Å². The predicted octanol–water partition coefficient (Wildman–Crippen LogP) is -0.366. The van der Waals surface area contributed by atoms with Crippen LogP contribution in [-0.2, 0) is 15.6 Å². The van der Waals surface area contributed by atoms with E-state index in [0.29, 0.717) is 0 Å². The number of aromatic amines is 1. The Morgan fingerprint density at radius 3 is 2.13 bits per heavy atom. The Morgan fingerprint density at radius 2 is 1.80 bits per heavy atom. The molecule has 0 aliphatic rings. The van der Waals surface area contributed by atoms with Crippen LogP contribution in [0, 0.1) is 0 Å². The van der Waals surface area contributed by atoms with Crippen molar-refractivity contribution in [3.05, 3.63) is 18.2 Å². The predicted molar refractivity (Wildman–Crippen MR) is 50.2 cm³/mol. The van der Waals surface area contributed by atoms with Gasteiger partial charge >= 0.3 is 15.2 Å². The molecular formula is C5H10N2O6P2. The molecule has 0 spiro atoms. The van der Waals surface area contributed by atoms with Gasteiger partial charge in [-0.15, -0.1) is 0 Å². The highest BCUT2D eigenvalue weighted by molar-refractivity contribution is 7.70. The van der Waals surface area contributed by atoms with E-state index in [4.69, 9.17) is 19.6 Å². The summed E-state index contributed by atoms with van der Waals surface area (Å²) in [6.07, 6.45) is 2.22. The van der Waals surface area contributed by atoms with Crippen LogP contribution in [0.4, 0.5) is 0 Å². The number of imidazole rings is 1. The highest BCUT2D eigenvalue weighted by Gasteiger charge is 2.43. The van der Waals surface area contributed by atoms with Gasteiger partial charge in [-0.2, -0.15) is 0 Å². The number of hydrogen-bond acceptors (Lipinski definition) is 3. The van der Waals surface area contributed by atoms with Crippen molar-refractivity contribution >= 4 is 15.2 Å². The van der Waals surface area contributed by atoms with Crippen LogP contribution in [0.2, 0.25) is 0 Å². The maximum Gasteiger partial charge on any atom is 0.341 e. The van der Waals surface area contributed by atoms with Gasteiger partial charge in [0.15, 0.2) is 5.40 Å². The molecule has 5 N–H and O–H groups in total. The van der Waals surface area contributed by atoms with Crippen LogP contribution in [0.3, 0.4) is 0 Å². The van der Waals surface area contributed by atoms with Gasteiger partial charge in [-0.05, 0) is 0 Å². The van der Waals surface area contributed by atoms with Crippen molar-refractivity contribution in [1.82, 2.24) is 9.97 Å². The Kier molecular flexibility index (Phi) is 3.50. The van der Waals surface area contributed by atoms with E-state index in [0.717, 1.165) is 0 Å². The van der Waals surface area contributed by atoms with Gasteiger partial charge in [0.1, 0.15) is 5.82 Å². The van der Waals surface area contributed by atoms with Crippen molar-refractivity contribution in [1.29, 1.82) is 0 Å². The summed E-state index contributed by atoms with van der Waals surface area (Å²) in [5, 5.41) is -2.05. The molecule has 0 aliphatic carbocycles. The third-order valence-electron chi connectivity index (χ3n) is 1.71. The molecule has 10 heteroatoms. The number of nitrogens with zero attached hydrogens (tertiary/aromatic N) is 1. The summed E-state index contributed by atoms with van der Waals surface area (Å²) in [5.74, 6) is 0.117. The summed E-state index contributed by atoms with van der Waals surface area (Å²) in [7, 11) is -9.72. The molecule has 0 aromatic carbocycles. The SMILES string of the molecule is O=P(O)(O)C(Cc1ncc[nH]1)P(=O)(O)O. The lowest BCUT2D eigenvalue weighted by atomic mass is 10.5. The van der Waals surface area contributed by atoms with Crippen molar-refractivity contribution in [2.45, 2.75) is 11.8 Å². The zero-order valence-electron chi connectivity index (χ0n) is 7.39. The summed E-state index contributed by atoms with van der Waals surface area (Å²) in [6, 6.07) is 0. The van der Waals surface area contributed by atoms with Gasteiger partial charge in [-0.1, -0.05) is 0 Å². The zero-order chi connectivity index (χ0) is 11.7. The molecule has 0 unspecified atom stereocenters. The lowest BCUT2D eigenvalue weighted by Gasteiger charge is -2.18. The highest BCUT2D eigenvalue weighted by Crippen LogP contribution is 2.60. The lowest BCUT2D eigenvalue weighted by molar-refractivity contribution is 0.337. The van der Waals surface area contributed by atoms with Crippen molar-refractivity contribution in [2.75, 3.05) is 0 Å². The molecule has 0 saturated heterocycles. The van der Waals surface area contributed by atoms with E-state index >= 15 is 0 Å². The highest BCUT2D eigenvalue weighted by atomic mass is 31.2. The van der Waals surface area contributed by atoms with E-state index in [1.807, 2.05) is 0 Å². The number of nitrogens with one attached hydrogen (secondary N) is 1. The topological polar surface area (TPSA) is 144 Å². The molecule has 8 nitrogen and oxygen atoms in total. The second-order valence-electron chi connectivity index (χ2n) is 2.90. The summed E-state index contributed by atoms with van der Waals surface area (Å²) in [5.41, 5.74) is 0. The van der Waals surface area contributed by atoms with Crippen LogP contribution >= 0.6 is 15.2 Å². The molecule has 0 radical (unpaired) electrons. The molecule has 0 saturated carbocycles. The zero-order valence-corrected chi connectivity index (χ0v) is 9.18. The van der Waals surface area contributed by atoms with Crippen LogP contribution < -0.4 is 0 Å². The van der Waals surface area contributed by atoms with Gasteiger partial charge in [-0.3, -0.25) is 9.13 Å². The number of hydrogen-bond donors (Lipinski definition) is 5. The molecular weight excluding hydrogens is 246 g/mol. The third-order valence-corrected chi connectivity index (χ3v) is 5.43. The minimum atomic E-state index is -4.86. The number of rotatable bonds is 4. The van der Waals surface area contributed by atoms with E-state index < -0.39 is 27.0 Å². The van der Waals surface area contributed by atoms with E-state index in [1.54, 1.807) is 0 Å². The molecule has 1 rings (SSSR count). The van der Waals surface area contributed by atoms with E-state index in [2.05, 4.69) is 9.97 Å². The van der Waals surface area contributed by atoms with Crippen molar-refractivity contribution in [2.24, 2.45) is 0 Å². The normalized spacial score (nSPS) is 13.4. The minimum absolute atomic E-state index is 0.117. The van der Waals surface area contributed by atoms with E-state index in [1.165, 1.54) is 12.4 Å². The Bertz CT molecular complexity index is 383. The molecule has 0 aliphatic heterocycles. The first kappa shape index (κ1) is 12.6. The summed E-state index contributed by atoms with van der Waals surface area (Å²) in [4.78, 5) is 41.3. The Morgan fingerprint density at radius 1 is 1.27 bits per heavy atom. The van der Waals surface area contributed by atoms with Crippen LogP contribution in [0.1, 0.15) is 5.82 Å². The molecule has 1 aromatic heterocycles. The summed E-state index contributed by atoms with van der Waals surface area (Å²) in [6.45, 7) is 0. The fourth-order valence-corrected chi connectivity index (χ4v) is 3.41. The maximum absolute atomic E-state index is 10.9. The molecule has 0 bridgehead atoms. The molecule has 15 heavy (non-hydrogen) atoms. The average Bonchev–Trinajstić information content (AvgIpc) is 2.46. The number of aromatic nitrogens is 2. The Balaban J connectivity index is 2.95. The lowest BCUT2D eigenvalue weighted by Crippen LogP contribution is -2.13. The van der Waals surface area contributed by atoms with E-state index in [-0.39, 0.29) is 5.82 Å². The average molecular weight is 256 g/mol. The van der Waals surface area contributed by atoms with Crippen molar-refractivity contribution < 1.29 is 28.7 Å². The first-order chi connectivity index (χ1) is 6.71. The second-order valence-corrected chi connectivity index (χ2v) is 6.91. The van der Waals surface area contributed by atoms with Crippen LogP contribution in [0.25, 0.3) is 0 Å². The molecule has 0 atom stereocenters. The van der Waals surface area contributed by atoms with Gasteiger partial charge in [0, 0.05) is 18.8 Å². The van der Waals surface area contributed by atoms with Crippen LogP contribution in [0.5, 0.6) is 0 Å². The standard InChI is InChI=1S/C5H10N2O6P2/c8-14(9,10)5(15(11,12)13)3-4-6-1-2-7-4/h1-2,5H,3H2,(H,6,7)(H2,8,9,10)(H2,11,12,13). The molecule has 1 aromatic rings. The van der Waals surface area contributed by atoms with Crippen molar-refractivity contribution in [3.8, 4) is 0 Å². The number of H-pyrrole nitrogens is 1. The van der Waals surface area contributed by atoms with E-state index in [9.17, 15) is 9.13 Å². The van der Waals surface area contributed by atoms with Gasteiger partial charge in [-0.25, -0.2) is 4.98 Å². The fraction of sp³-hybridized carbons (Fsp3) is 0.400. The summed E-state index contributed by atoms with van der Waals surface area (Å²) < 4.78 is 21.7. The van der Waals surface area contributed by atoms with Gasteiger partial charge in [0.2, 0.25) is 0 Å². The molecule has 86 valence electrons. The van der Waals surface area contributed by atoms with Crippen LogP contribution in [0.15, 0.2) is 12.4 Å². The van der Waals surface area contributed by atoms with Crippen LogP contribution in [-0.4, -0.2) is 34.9 Å². The smallest absolute Gasteiger partial charge is 0.341 e. The van der Waals surface area contributed by atoms with Gasteiger partial charge in [0.05, 0.1) is 0 Å². The fourth-order valence-electron chi connectivity index (χ4n) is 1.02. The largest absolute Gasteiger partial charge is 0.349 e. The monoisotopic (exact) mass is 256 g/mol. The molecule has 0 fully saturated rings. The first-order valence-electron chi connectivity index (χ1n) is 3.80. The van der Waals surface area contributed by atoms with Gasteiger partial charge < -0.3 is 24.6 Å². The Hall–Kier alpha value is -0.490. The molecule has 1 heterocycles. The maximum atomic E-state index is 10.9. The first-order valence-corrected chi connectivity index (χ1v) is 7.16. The minimum Gasteiger partial charge on any atom is -0.349 e. The third kappa shape index (κ3) is 3.53. The molecule has 0 amide bonds. The quantitative estimate of drug-likeness (QED) is 0.462. The summed E-state index contributed by atoms with van der Waals surface area (Å²) >= 11 is 0. The van der Waals surface area contributed by atoms with Gasteiger partial charge in [0.25, 0.3) is 0 Å². The second kappa shape index (κ2) is 4.17. The van der Waals surface area contributed by atoms with Crippen molar-refractivity contribution in [3.63, 3.8) is 0 Å².